The van der Waals surface area contributed by atoms with Crippen molar-refractivity contribution in [1.29, 1.82) is 0 Å². The zero-order valence-electron chi connectivity index (χ0n) is 15.5. The fourth-order valence-electron chi connectivity index (χ4n) is 3.55. The number of aromatic nitrogens is 1. The molecule has 0 spiro atoms. The quantitative estimate of drug-likeness (QED) is 0.600. The molecule has 0 bridgehead atoms. The molecule has 144 valence electrons. The zero-order chi connectivity index (χ0) is 19.3. The van der Waals surface area contributed by atoms with Crippen LogP contribution in [-0.2, 0) is 22.4 Å². The number of carbonyl (C=O) groups is 2. The number of hydrogen-bond acceptors (Lipinski definition) is 3. The number of anilines is 1. The Hall–Kier alpha value is -2.73. The van der Waals surface area contributed by atoms with E-state index >= 15 is 0 Å². The number of H-pyrrole nitrogens is 1. The Labute approximate surface area is 168 Å². The van der Waals surface area contributed by atoms with E-state index in [1.54, 1.807) is 0 Å². The van der Waals surface area contributed by atoms with Crippen LogP contribution in [0.1, 0.15) is 17.5 Å². The van der Waals surface area contributed by atoms with Gasteiger partial charge in [0.1, 0.15) is 0 Å². The first-order chi connectivity index (χ1) is 13.7. The molecule has 2 aromatic carbocycles. The van der Waals surface area contributed by atoms with Gasteiger partial charge in [-0.25, -0.2) is 0 Å². The average molecular weight is 394 g/mol. The number of para-hydroxylation sites is 2. The third kappa shape index (κ3) is 4.22. The summed E-state index contributed by atoms with van der Waals surface area (Å²) in [5, 5.41) is 6.94. The van der Waals surface area contributed by atoms with Crippen LogP contribution < -0.4 is 10.6 Å². The highest BCUT2D eigenvalue weighted by Crippen LogP contribution is 2.27. The molecule has 1 aliphatic heterocycles. The maximum atomic E-state index is 12.4. The third-order valence-electron chi connectivity index (χ3n) is 5.05. The van der Waals surface area contributed by atoms with Crippen molar-refractivity contribution in [3.8, 4) is 0 Å². The first kappa shape index (κ1) is 18.6. The lowest BCUT2D eigenvalue weighted by molar-refractivity contribution is -0.118. The van der Waals surface area contributed by atoms with Gasteiger partial charge in [-0.05, 0) is 42.5 Å². The molecule has 2 heterocycles. The molecule has 4 rings (SSSR count). The van der Waals surface area contributed by atoms with Gasteiger partial charge in [-0.3, -0.25) is 9.59 Å². The smallest absolute Gasteiger partial charge is 0.237 e. The number of amides is 2. The van der Waals surface area contributed by atoms with Gasteiger partial charge >= 0.3 is 0 Å². The summed E-state index contributed by atoms with van der Waals surface area (Å²) < 4.78 is 0. The molecular formula is C22H23N3O2S. The molecule has 0 saturated carbocycles. The molecule has 6 heteroatoms. The maximum Gasteiger partial charge on any atom is 0.237 e. The van der Waals surface area contributed by atoms with Gasteiger partial charge in [-0.15, -0.1) is 11.8 Å². The van der Waals surface area contributed by atoms with E-state index in [4.69, 9.17) is 0 Å². The van der Waals surface area contributed by atoms with Crippen molar-refractivity contribution >= 4 is 40.2 Å². The highest BCUT2D eigenvalue weighted by atomic mass is 32.2. The van der Waals surface area contributed by atoms with Crippen molar-refractivity contribution < 1.29 is 9.59 Å². The van der Waals surface area contributed by atoms with Gasteiger partial charge in [-0.2, -0.15) is 0 Å². The Kier molecular flexibility index (Phi) is 5.67. The van der Waals surface area contributed by atoms with Crippen molar-refractivity contribution in [3.63, 3.8) is 0 Å². The van der Waals surface area contributed by atoms with E-state index in [0.717, 1.165) is 36.0 Å². The molecule has 1 aromatic heterocycles. The van der Waals surface area contributed by atoms with Crippen molar-refractivity contribution in [2.45, 2.75) is 24.5 Å². The van der Waals surface area contributed by atoms with E-state index in [9.17, 15) is 9.59 Å². The molecule has 0 fully saturated rings. The van der Waals surface area contributed by atoms with Crippen molar-refractivity contribution in [3.05, 3.63) is 65.9 Å². The average Bonchev–Trinajstić information content (AvgIpc) is 3.04. The van der Waals surface area contributed by atoms with Gasteiger partial charge in [0.15, 0.2) is 0 Å². The SMILES string of the molecule is O=C(CS[C@H]1CCc2ccccc2NC1=O)NCCc1c[nH]c2ccccc12. The summed E-state index contributed by atoms with van der Waals surface area (Å²) in [5.41, 5.74) is 4.35. The summed E-state index contributed by atoms with van der Waals surface area (Å²) in [6.45, 7) is 0.587. The van der Waals surface area contributed by atoms with E-state index in [0.29, 0.717) is 12.3 Å². The minimum absolute atomic E-state index is 0.0125. The second-order valence-electron chi connectivity index (χ2n) is 6.94. The number of rotatable bonds is 6. The normalized spacial score (nSPS) is 16.3. The molecule has 28 heavy (non-hydrogen) atoms. The third-order valence-corrected chi connectivity index (χ3v) is 6.33. The van der Waals surface area contributed by atoms with Crippen LogP contribution in [0.15, 0.2) is 54.7 Å². The number of nitrogens with one attached hydrogen (secondary N) is 3. The minimum atomic E-state index is -0.202. The summed E-state index contributed by atoms with van der Waals surface area (Å²) in [4.78, 5) is 27.9. The first-order valence-corrected chi connectivity index (χ1v) is 10.6. The van der Waals surface area contributed by atoms with Crippen LogP contribution in [0.4, 0.5) is 5.69 Å². The second-order valence-corrected chi connectivity index (χ2v) is 8.14. The molecule has 3 aromatic rings. The Balaban J connectivity index is 1.24. The Morgan fingerprint density at radius 1 is 1.14 bits per heavy atom. The lowest BCUT2D eigenvalue weighted by atomic mass is 10.1. The lowest BCUT2D eigenvalue weighted by Gasteiger charge is -2.12. The molecular weight excluding hydrogens is 370 g/mol. The summed E-state index contributed by atoms with van der Waals surface area (Å²) in [7, 11) is 0. The van der Waals surface area contributed by atoms with Crippen LogP contribution in [0.3, 0.4) is 0 Å². The van der Waals surface area contributed by atoms with Crippen LogP contribution in [0.25, 0.3) is 10.9 Å². The van der Waals surface area contributed by atoms with Gasteiger partial charge in [0, 0.05) is 29.3 Å². The molecule has 0 unspecified atom stereocenters. The molecule has 1 aliphatic rings. The van der Waals surface area contributed by atoms with Gasteiger partial charge in [-0.1, -0.05) is 36.4 Å². The number of hydrogen-bond donors (Lipinski definition) is 3. The largest absolute Gasteiger partial charge is 0.361 e. The topological polar surface area (TPSA) is 74.0 Å². The van der Waals surface area contributed by atoms with E-state index in [-0.39, 0.29) is 17.1 Å². The predicted octanol–water partition coefficient (Wildman–Crippen LogP) is 3.51. The zero-order valence-corrected chi connectivity index (χ0v) is 16.4. The summed E-state index contributed by atoms with van der Waals surface area (Å²) >= 11 is 1.42. The van der Waals surface area contributed by atoms with E-state index in [1.165, 1.54) is 22.7 Å². The van der Waals surface area contributed by atoms with Crippen LogP contribution in [0, 0.1) is 0 Å². The monoisotopic (exact) mass is 393 g/mol. The lowest BCUT2D eigenvalue weighted by Crippen LogP contribution is -2.30. The molecule has 3 N–H and O–H groups in total. The Morgan fingerprint density at radius 2 is 1.96 bits per heavy atom. The van der Waals surface area contributed by atoms with Crippen molar-refractivity contribution in [2.75, 3.05) is 17.6 Å². The maximum absolute atomic E-state index is 12.4. The number of aryl methyl sites for hydroxylation is 1. The summed E-state index contributed by atoms with van der Waals surface area (Å²) in [5.74, 6) is 0.253. The molecule has 0 radical (unpaired) electrons. The second kappa shape index (κ2) is 8.52. The molecule has 2 amide bonds. The first-order valence-electron chi connectivity index (χ1n) is 9.53. The van der Waals surface area contributed by atoms with Gasteiger partial charge in [0.25, 0.3) is 0 Å². The minimum Gasteiger partial charge on any atom is -0.361 e. The highest BCUT2D eigenvalue weighted by Gasteiger charge is 2.24. The van der Waals surface area contributed by atoms with Crippen LogP contribution in [0.2, 0.25) is 0 Å². The van der Waals surface area contributed by atoms with Crippen LogP contribution >= 0.6 is 11.8 Å². The molecule has 5 nitrogen and oxygen atoms in total. The predicted molar refractivity (Wildman–Crippen MR) is 115 cm³/mol. The highest BCUT2D eigenvalue weighted by molar-refractivity contribution is 8.01. The standard InChI is InChI=1S/C22H23N3O2S/c26-21(23-12-11-16-13-24-19-8-4-2-6-17(16)19)14-28-20-10-9-15-5-1-3-7-18(15)25-22(20)27/h1-8,13,20,24H,9-12,14H2,(H,23,26)(H,25,27)/t20-/m0/s1. The van der Waals surface area contributed by atoms with Crippen LogP contribution in [-0.4, -0.2) is 34.3 Å². The van der Waals surface area contributed by atoms with Gasteiger partial charge in [0.05, 0.1) is 11.0 Å². The number of fused-ring (bicyclic) bond motifs is 2. The Bertz CT molecular complexity index is 998. The summed E-state index contributed by atoms with van der Waals surface area (Å²) in [6, 6.07) is 16.0. The fourth-order valence-corrected chi connectivity index (χ4v) is 4.50. The fraction of sp³-hybridized carbons (Fsp3) is 0.273. The number of thioether (sulfide) groups is 1. The van der Waals surface area contributed by atoms with E-state index < -0.39 is 0 Å². The van der Waals surface area contributed by atoms with Crippen LogP contribution in [0.5, 0.6) is 0 Å². The summed E-state index contributed by atoms with van der Waals surface area (Å²) in [6.07, 6.45) is 4.36. The van der Waals surface area contributed by atoms with Crippen molar-refractivity contribution in [2.24, 2.45) is 0 Å². The number of benzene rings is 2. The Morgan fingerprint density at radius 3 is 2.89 bits per heavy atom. The van der Waals surface area contributed by atoms with Crippen molar-refractivity contribution in [1.82, 2.24) is 10.3 Å². The van der Waals surface area contributed by atoms with E-state index in [1.807, 2.05) is 48.7 Å². The van der Waals surface area contributed by atoms with Gasteiger partial charge < -0.3 is 15.6 Å². The van der Waals surface area contributed by atoms with E-state index in [2.05, 4.69) is 21.7 Å². The molecule has 0 aliphatic carbocycles. The molecule has 1 atom stereocenters. The number of carbonyl (C=O) groups excluding carboxylic acids is 2. The van der Waals surface area contributed by atoms with Gasteiger partial charge in [0.2, 0.25) is 11.8 Å². The molecule has 0 saturated heterocycles. The number of aromatic amines is 1.